The number of benzene rings is 1. The lowest BCUT2D eigenvalue weighted by atomic mass is 9.92. The van der Waals surface area contributed by atoms with Gasteiger partial charge in [-0.15, -0.1) is 11.8 Å². The molecule has 2 aromatic rings. The molecule has 3 rings (SSSR count). The van der Waals surface area contributed by atoms with E-state index in [4.69, 9.17) is 5.73 Å². The minimum atomic E-state index is 0.199. The highest BCUT2D eigenvalue weighted by Gasteiger charge is 2.28. The number of hydrogen-bond acceptors (Lipinski definition) is 3. The maximum Gasteiger partial charge on any atom is 0.242 e. The Kier molecular flexibility index (Phi) is 5.51. The third-order valence-corrected chi connectivity index (χ3v) is 6.15. The largest absolute Gasteiger partial charge is 0.342 e. The van der Waals surface area contributed by atoms with Gasteiger partial charge >= 0.3 is 0 Å². The van der Waals surface area contributed by atoms with Gasteiger partial charge in [-0.2, -0.15) is 0 Å². The first-order valence-corrected chi connectivity index (χ1v) is 9.91. The average Bonchev–Trinajstić information content (AvgIpc) is 2.92. The summed E-state index contributed by atoms with van der Waals surface area (Å²) in [5.41, 5.74) is 8.45. The summed E-state index contributed by atoms with van der Waals surface area (Å²) >= 11 is 1.89. The van der Waals surface area contributed by atoms with Gasteiger partial charge < -0.3 is 15.2 Å². The molecule has 1 aliphatic heterocycles. The van der Waals surface area contributed by atoms with E-state index in [0.29, 0.717) is 19.0 Å². The lowest BCUT2D eigenvalue weighted by Crippen LogP contribution is -2.33. The van der Waals surface area contributed by atoms with Crippen molar-refractivity contribution in [1.29, 1.82) is 0 Å². The first kappa shape index (κ1) is 17.4. The maximum absolute atomic E-state index is 12.7. The Bertz CT molecular complexity index is 721. The van der Waals surface area contributed by atoms with E-state index >= 15 is 0 Å². The predicted octanol–water partition coefficient (Wildman–Crippen LogP) is 3.44. The molecule has 130 valence electrons. The molecule has 2 N–H and O–H groups in total. The van der Waals surface area contributed by atoms with E-state index in [1.54, 1.807) is 0 Å². The summed E-state index contributed by atoms with van der Waals surface area (Å²) < 4.78 is 2.23. The van der Waals surface area contributed by atoms with E-state index < -0.39 is 0 Å². The van der Waals surface area contributed by atoms with Crippen LogP contribution in [0.1, 0.15) is 38.2 Å². The van der Waals surface area contributed by atoms with Crippen molar-refractivity contribution < 1.29 is 4.79 Å². The van der Waals surface area contributed by atoms with Crippen molar-refractivity contribution in [3.63, 3.8) is 0 Å². The Labute approximate surface area is 148 Å². The zero-order valence-corrected chi connectivity index (χ0v) is 15.4. The van der Waals surface area contributed by atoms with Gasteiger partial charge in [0, 0.05) is 29.7 Å². The zero-order valence-electron chi connectivity index (χ0n) is 14.6. The van der Waals surface area contributed by atoms with Crippen LogP contribution in [0.15, 0.2) is 29.3 Å². The molecule has 1 aromatic heterocycles. The highest BCUT2D eigenvalue weighted by atomic mass is 32.2. The van der Waals surface area contributed by atoms with Crippen LogP contribution in [-0.4, -0.2) is 40.8 Å². The molecule has 4 nitrogen and oxygen atoms in total. The molecule has 0 aliphatic carbocycles. The molecule has 1 unspecified atom stereocenters. The molecule has 24 heavy (non-hydrogen) atoms. The highest BCUT2D eigenvalue weighted by Crippen LogP contribution is 2.45. The summed E-state index contributed by atoms with van der Waals surface area (Å²) in [4.78, 5) is 14.6. The molecule has 0 fully saturated rings. The number of amides is 1. The van der Waals surface area contributed by atoms with Crippen molar-refractivity contribution in [2.75, 3.05) is 25.4 Å². The molecular formula is C19H27N3OS. The third-order valence-electron chi connectivity index (χ3n) is 5.00. The number of para-hydroxylation sites is 1. The predicted molar refractivity (Wildman–Crippen MR) is 102 cm³/mol. The number of rotatable bonds is 6. The molecular weight excluding hydrogens is 318 g/mol. The molecule has 2 heterocycles. The van der Waals surface area contributed by atoms with Crippen LogP contribution >= 0.6 is 11.8 Å². The minimum Gasteiger partial charge on any atom is -0.342 e. The Morgan fingerprint density at radius 3 is 2.79 bits per heavy atom. The first-order valence-electron chi connectivity index (χ1n) is 8.92. The zero-order chi connectivity index (χ0) is 17.1. The topological polar surface area (TPSA) is 51.3 Å². The Balaban J connectivity index is 2.07. The minimum absolute atomic E-state index is 0.199. The van der Waals surface area contributed by atoms with Crippen molar-refractivity contribution in [3.8, 4) is 0 Å². The highest BCUT2D eigenvalue weighted by molar-refractivity contribution is 7.99. The summed E-state index contributed by atoms with van der Waals surface area (Å²) in [6.45, 7) is 6.75. The summed E-state index contributed by atoms with van der Waals surface area (Å²) in [7, 11) is 0. The molecule has 1 amide bonds. The van der Waals surface area contributed by atoms with E-state index in [0.717, 1.165) is 25.3 Å². The van der Waals surface area contributed by atoms with E-state index in [2.05, 4.69) is 28.8 Å². The monoisotopic (exact) mass is 345 g/mol. The van der Waals surface area contributed by atoms with E-state index in [9.17, 15) is 4.79 Å². The summed E-state index contributed by atoms with van der Waals surface area (Å²) in [5.74, 6) is 1.82. The van der Waals surface area contributed by atoms with Crippen molar-refractivity contribution >= 4 is 28.6 Å². The van der Waals surface area contributed by atoms with E-state index in [1.165, 1.54) is 27.9 Å². The molecule has 0 saturated heterocycles. The number of fused-ring (bicyclic) bond motifs is 3. The number of likely N-dealkylation sites (N-methyl/N-ethyl adjacent to an activating group) is 1. The lowest BCUT2D eigenvalue weighted by Gasteiger charge is -2.24. The number of carbonyl (C=O) groups excluding carboxylic acids is 1. The quantitative estimate of drug-likeness (QED) is 0.872. The molecule has 0 bridgehead atoms. The molecule has 1 aromatic carbocycles. The van der Waals surface area contributed by atoms with Crippen LogP contribution in [0.25, 0.3) is 10.9 Å². The first-order chi connectivity index (χ1) is 11.7. The van der Waals surface area contributed by atoms with Crippen LogP contribution in [-0.2, 0) is 11.3 Å². The normalized spacial score (nSPS) is 17.0. The third kappa shape index (κ3) is 3.07. The lowest BCUT2D eigenvalue weighted by molar-refractivity contribution is -0.131. The Hall–Kier alpha value is -1.46. The number of hydrogen-bond donors (Lipinski definition) is 1. The summed E-state index contributed by atoms with van der Waals surface area (Å²) in [6.07, 6.45) is 2.19. The fourth-order valence-electron chi connectivity index (χ4n) is 3.76. The van der Waals surface area contributed by atoms with Gasteiger partial charge in [-0.05, 0) is 50.8 Å². The molecule has 1 aliphatic rings. The van der Waals surface area contributed by atoms with Gasteiger partial charge in [0.05, 0.1) is 5.03 Å². The van der Waals surface area contributed by atoms with Gasteiger partial charge in [0.2, 0.25) is 5.91 Å². The van der Waals surface area contributed by atoms with E-state index in [1.807, 2.05) is 30.5 Å². The van der Waals surface area contributed by atoms with Crippen LogP contribution in [0.2, 0.25) is 0 Å². The molecule has 0 spiro atoms. The van der Waals surface area contributed by atoms with Crippen LogP contribution in [0.3, 0.4) is 0 Å². The number of thioether (sulfide) groups is 1. The van der Waals surface area contributed by atoms with E-state index in [-0.39, 0.29) is 5.91 Å². The molecule has 5 heteroatoms. The number of nitrogens with two attached hydrogens (primary N) is 1. The SMILES string of the molecule is CCN(CC)C(=O)Cn1c2c(c3ccccc31)C(CCN)CCS2. The number of carbonyl (C=O) groups is 1. The Morgan fingerprint density at radius 2 is 2.08 bits per heavy atom. The Morgan fingerprint density at radius 1 is 1.33 bits per heavy atom. The fraction of sp³-hybridized carbons (Fsp3) is 0.526. The van der Waals surface area contributed by atoms with Crippen molar-refractivity contribution in [2.24, 2.45) is 5.73 Å². The van der Waals surface area contributed by atoms with Crippen LogP contribution in [0.4, 0.5) is 0 Å². The maximum atomic E-state index is 12.7. The van der Waals surface area contributed by atoms with Crippen molar-refractivity contribution in [1.82, 2.24) is 9.47 Å². The van der Waals surface area contributed by atoms with Crippen molar-refractivity contribution in [3.05, 3.63) is 29.8 Å². The number of aromatic nitrogens is 1. The van der Waals surface area contributed by atoms with Crippen molar-refractivity contribution in [2.45, 2.75) is 44.2 Å². The molecule has 1 atom stereocenters. The smallest absolute Gasteiger partial charge is 0.242 e. The van der Waals surface area contributed by atoms with Gasteiger partial charge in [-0.3, -0.25) is 4.79 Å². The fourth-order valence-corrected chi connectivity index (χ4v) is 5.10. The van der Waals surface area contributed by atoms with Gasteiger partial charge in [-0.25, -0.2) is 0 Å². The van der Waals surface area contributed by atoms with Crippen LogP contribution in [0, 0.1) is 0 Å². The van der Waals surface area contributed by atoms with Gasteiger partial charge in [0.25, 0.3) is 0 Å². The van der Waals surface area contributed by atoms with Gasteiger partial charge in [0.1, 0.15) is 6.54 Å². The number of nitrogens with zero attached hydrogens (tertiary/aromatic N) is 2. The summed E-state index contributed by atoms with van der Waals surface area (Å²) in [5, 5.41) is 2.58. The van der Waals surface area contributed by atoms with Gasteiger partial charge in [0.15, 0.2) is 0 Å². The second-order valence-corrected chi connectivity index (χ2v) is 7.38. The summed E-state index contributed by atoms with van der Waals surface area (Å²) in [6, 6.07) is 8.50. The second-order valence-electron chi connectivity index (χ2n) is 6.30. The van der Waals surface area contributed by atoms with Gasteiger partial charge in [-0.1, -0.05) is 18.2 Å². The average molecular weight is 346 g/mol. The molecule has 0 saturated carbocycles. The standard InChI is InChI=1S/C19H27N3OS/c1-3-21(4-2)17(23)13-22-16-8-6-5-7-15(16)18-14(9-11-20)10-12-24-19(18)22/h5-8,14H,3-4,9-13,20H2,1-2H3. The second kappa shape index (κ2) is 7.62. The van der Waals surface area contributed by atoms with Crippen LogP contribution < -0.4 is 5.73 Å². The van der Waals surface area contributed by atoms with Crippen LogP contribution in [0.5, 0.6) is 0 Å². The molecule has 0 radical (unpaired) electrons.